The molecule has 18 heavy (non-hydrogen) atoms. The van der Waals surface area contributed by atoms with Crippen LogP contribution in [0.25, 0.3) is 0 Å². The summed E-state index contributed by atoms with van der Waals surface area (Å²) in [7, 11) is 1.31. The van der Waals surface area contributed by atoms with Crippen molar-refractivity contribution in [3.8, 4) is 0 Å². The van der Waals surface area contributed by atoms with Gasteiger partial charge in [0.25, 0.3) is 5.91 Å². The van der Waals surface area contributed by atoms with Gasteiger partial charge in [-0.25, -0.2) is 4.98 Å². The van der Waals surface area contributed by atoms with Crippen molar-refractivity contribution in [3.05, 3.63) is 23.0 Å². The molecular weight excluding hydrogens is 276 g/mol. The van der Waals surface area contributed by atoms with Gasteiger partial charge < -0.3 is 4.74 Å². The van der Waals surface area contributed by atoms with Gasteiger partial charge >= 0.3 is 5.97 Å². The standard InChI is InChI=1S/C9H8N4O3S2/c1-16-7(14)2-5-4-17-9(11-5)12-8(15)6-3-10-18-13-6/h3-4H,2H2,1H3,(H,11,12,15). The van der Waals surface area contributed by atoms with Gasteiger partial charge in [0.05, 0.1) is 37.1 Å². The molecule has 0 saturated carbocycles. The molecule has 0 aliphatic heterocycles. The quantitative estimate of drug-likeness (QED) is 0.840. The van der Waals surface area contributed by atoms with Crippen LogP contribution in [0.15, 0.2) is 11.6 Å². The second-order valence-electron chi connectivity index (χ2n) is 3.14. The number of carbonyl (C=O) groups excluding carboxylic acids is 2. The van der Waals surface area contributed by atoms with Gasteiger partial charge in [-0.2, -0.15) is 8.75 Å². The van der Waals surface area contributed by atoms with Gasteiger partial charge in [0.1, 0.15) is 0 Å². The Morgan fingerprint density at radius 3 is 3.00 bits per heavy atom. The second-order valence-corrected chi connectivity index (χ2v) is 4.56. The zero-order chi connectivity index (χ0) is 13.0. The van der Waals surface area contributed by atoms with Crippen LogP contribution in [-0.2, 0) is 16.0 Å². The first kappa shape index (κ1) is 12.6. The number of aromatic nitrogens is 3. The summed E-state index contributed by atoms with van der Waals surface area (Å²) in [6.07, 6.45) is 1.46. The number of amides is 1. The van der Waals surface area contributed by atoms with Gasteiger partial charge in [0.15, 0.2) is 10.8 Å². The molecule has 2 rings (SSSR count). The molecule has 0 atom stereocenters. The molecule has 0 aromatic carbocycles. The van der Waals surface area contributed by atoms with Gasteiger partial charge in [-0.1, -0.05) is 0 Å². The summed E-state index contributed by atoms with van der Waals surface area (Å²) in [5.41, 5.74) is 0.795. The lowest BCUT2D eigenvalue weighted by Crippen LogP contribution is -2.12. The molecule has 94 valence electrons. The van der Waals surface area contributed by atoms with Gasteiger partial charge in [-0.05, 0) is 0 Å². The molecule has 0 bridgehead atoms. The van der Waals surface area contributed by atoms with Crippen LogP contribution in [0.3, 0.4) is 0 Å². The lowest BCUT2D eigenvalue weighted by Gasteiger charge is -1.97. The molecule has 2 heterocycles. The highest BCUT2D eigenvalue weighted by Crippen LogP contribution is 2.16. The molecule has 0 radical (unpaired) electrons. The summed E-state index contributed by atoms with van der Waals surface area (Å²) in [6.45, 7) is 0. The minimum atomic E-state index is -0.373. The molecule has 0 aliphatic carbocycles. The summed E-state index contributed by atoms with van der Waals surface area (Å²) in [5.74, 6) is -0.746. The van der Waals surface area contributed by atoms with Crippen LogP contribution < -0.4 is 5.32 Å². The summed E-state index contributed by atoms with van der Waals surface area (Å²) in [6, 6.07) is 0. The molecule has 7 nitrogen and oxygen atoms in total. The van der Waals surface area contributed by atoms with E-state index in [-0.39, 0.29) is 24.0 Å². The predicted molar refractivity (Wildman–Crippen MR) is 65.7 cm³/mol. The third kappa shape index (κ3) is 3.08. The maximum atomic E-state index is 11.6. The van der Waals surface area contributed by atoms with Crippen molar-refractivity contribution in [3.63, 3.8) is 0 Å². The van der Waals surface area contributed by atoms with Crippen LogP contribution in [0.5, 0.6) is 0 Å². The van der Waals surface area contributed by atoms with Crippen LogP contribution in [0, 0.1) is 0 Å². The van der Waals surface area contributed by atoms with Gasteiger partial charge in [0.2, 0.25) is 0 Å². The Morgan fingerprint density at radius 1 is 1.50 bits per heavy atom. The number of nitrogens with zero attached hydrogens (tertiary/aromatic N) is 3. The Morgan fingerprint density at radius 2 is 2.33 bits per heavy atom. The number of hydrogen-bond donors (Lipinski definition) is 1. The van der Waals surface area contributed by atoms with Crippen molar-refractivity contribution in [2.45, 2.75) is 6.42 Å². The van der Waals surface area contributed by atoms with Crippen LogP contribution >= 0.6 is 23.1 Å². The fraction of sp³-hybridized carbons (Fsp3) is 0.222. The highest BCUT2D eigenvalue weighted by Gasteiger charge is 2.12. The fourth-order valence-corrected chi connectivity index (χ4v) is 2.21. The van der Waals surface area contributed by atoms with Crippen LogP contribution in [0.2, 0.25) is 0 Å². The zero-order valence-corrected chi connectivity index (χ0v) is 10.9. The Labute approximate surface area is 110 Å². The van der Waals surface area contributed by atoms with Crippen LogP contribution in [-0.4, -0.2) is 32.7 Å². The SMILES string of the molecule is COC(=O)Cc1csc(NC(=O)c2cnsn2)n1. The second kappa shape index (κ2) is 5.65. The summed E-state index contributed by atoms with van der Waals surface area (Å²) < 4.78 is 12.1. The number of methoxy groups -OCH3 is 1. The van der Waals surface area contributed by atoms with Crippen molar-refractivity contribution in [2.24, 2.45) is 0 Å². The average molecular weight is 284 g/mol. The highest BCUT2D eigenvalue weighted by atomic mass is 32.1. The van der Waals surface area contributed by atoms with E-state index in [1.54, 1.807) is 5.38 Å². The number of ether oxygens (including phenoxy) is 1. The normalized spacial score (nSPS) is 10.1. The lowest BCUT2D eigenvalue weighted by molar-refractivity contribution is -0.139. The first-order chi connectivity index (χ1) is 8.69. The largest absolute Gasteiger partial charge is 0.469 e. The number of anilines is 1. The molecule has 0 spiro atoms. The Bertz CT molecular complexity index is 552. The van der Waals surface area contributed by atoms with Gasteiger partial charge in [0, 0.05) is 5.38 Å². The number of carbonyl (C=O) groups is 2. The topological polar surface area (TPSA) is 94.1 Å². The molecule has 0 aliphatic rings. The summed E-state index contributed by atoms with van der Waals surface area (Å²) >= 11 is 2.19. The van der Waals surface area contributed by atoms with Crippen molar-refractivity contribution in [2.75, 3.05) is 12.4 Å². The smallest absolute Gasteiger partial charge is 0.311 e. The summed E-state index contributed by atoms with van der Waals surface area (Å²) in [5, 5.41) is 4.67. The van der Waals surface area contributed by atoms with Crippen molar-refractivity contribution >= 4 is 40.1 Å². The Balaban J connectivity index is 1.98. The third-order valence-corrected chi connectivity index (χ3v) is 3.20. The monoisotopic (exact) mass is 284 g/mol. The van der Waals surface area contributed by atoms with Gasteiger partial charge in [-0.3, -0.25) is 14.9 Å². The molecule has 0 fully saturated rings. The van der Waals surface area contributed by atoms with E-state index in [0.717, 1.165) is 11.7 Å². The molecule has 0 unspecified atom stereocenters. The first-order valence-corrected chi connectivity index (χ1v) is 6.40. The van der Waals surface area contributed by atoms with E-state index < -0.39 is 0 Å². The Kier molecular flexibility index (Phi) is 3.95. The van der Waals surface area contributed by atoms with Crippen molar-refractivity contribution in [1.82, 2.24) is 13.7 Å². The minimum absolute atomic E-state index is 0.0845. The number of rotatable bonds is 4. The molecule has 1 N–H and O–H groups in total. The van der Waals surface area contributed by atoms with Crippen molar-refractivity contribution < 1.29 is 14.3 Å². The maximum Gasteiger partial charge on any atom is 0.311 e. The van der Waals surface area contributed by atoms with Gasteiger partial charge in [-0.15, -0.1) is 11.3 Å². The molecule has 9 heteroatoms. The van der Waals surface area contributed by atoms with E-state index in [1.807, 2.05) is 0 Å². The van der Waals surface area contributed by atoms with E-state index in [1.165, 1.54) is 24.6 Å². The number of hydrogen-bond acceptors (Lipinski definition) is 8. The lowest BCUT2D eigenvalue weighted by atomic mass is 10.3. The Hall–Kier alpha value is -1.87. The van der Waals surface area contributed by atoms with Crippen LogP contribution in [0.1, 0.15) is 16.2 Å². The fourth-order valence-electron chi connectivity index (χ4n) is 1.09. The average Bonchev–Trinajstić information content (AvgIpc) is 3.00. The van der Waals surface area contributed by atoms with E-state index in [4.69, 9.17) is 0 Å². The van der Waals surface area contributed by atoms with Crippen LogP contribution in [0.4, 0.5) is 5.13 Å². The molecule has 0 saturated heterocycles. The number of thiazole rings is 1. The zero-order valence-electron chi connectivity index (χ0n) is 9.24. The maximum absolute atomic E-state index is 11.6. The molecule has 2 aromatic heterocycles. The van der Waals surface area contributed by atoms with E-state index in [2.05, 4.69) is 23.8 Å². The highest BCUT2D eigenvalue weighted by molar-refractivity contribution is 7.14. The number of esters is 1. The molecule has 2 aromatic rings. The first-order valence-electron chi connectivity index (χ1n) is 4.79. The summed E-state index contributed by atoms with van der Waals surface area (Å²) in [4.78, 5) is 26.8. The molecule has 1 amide bonds. The minimum Gasteiger partial charge on any atom is -0.469 e. The predicted octanol–water partition coefficient (Wildman–Crippen LogP) is 0.962. The van der Waals surface area contributed by atoms with E-state index in [0.29, 0.717) is 10.8 Å². The van der Waals surface area contributed by atoms with E-state index in [9.17, 15) is 9.59 Å². The number of nitrogens with one attached hydrogen (secondary N) is 1. The van der Waals surface area contributed by atoms with Crippen molar-refractivity contribution in [1.29, 1.82) is 0 Å². The van der Waals surface area contributed by atoms with E-state index >= 15 is 0 Å². The third-order valence-electron chi connectivity index (χ3n) is 1.92. The molecular formula is C9H8N4O3S2.